The Hall–Kier alpha value is -3.98. The lowest BCUT2D eigenvalue weighted by Gasteiger charge is -2.05. The Labute approximate surface area is 168 Å². The third-order valence-corrected chi connectivity index (χ3v) is 4.88. The molecule has 4 aromatic carbocycles. The van der Waals surface area contributed by atoms with Gasteiger partial charge < -0.3 is 5.11 Å². The van der Waals surface area contributed by atoms with Gasteiger partial charge in [-0.25, -0.2) is 4.79 Å². The Morgan fingerprint density at radius 2 is 0.931 bits per heavy atom. The number of aromatic carboxylic acids is 1. The quantitative estimate of drug-likeness (QED) is 0.413. The number of carbonyl (C=O) groups excluding carboxylic acids is 1. The standard InChI is InChI=1S/C13H10O2.C13H8O/c14-13(15)12-9-5-4-8-11(12)10-6-2-1-3-7-10;14-13-11-7-3-1-5-9(11)10-6-2-4-8-12(10)13/h1-9H,(H,14,15);1-8H. The van der Waals surface area contributed by atoms with E-state index in [1.807, 2.05) is 91.0 Å². The van der Waals surface area contributed by atoms with E-state index >= 15 is 0 Å². The molecule has 3 nitrogen and oxygen atoms in total. The van der Waals surface area contributed by atoms with E-state index in [0.29, 0.717) is 5.56 Å². The average Bonchev–Trinajstić information content (AvgIpc) is 3.08. The van der Waals surface area contributed by atoms with Crippen molar-refractivity contribution in [2.24, 2.45) is 0 Å². The predicted molar refractivity (Wildman–Crippen MR) is 114 cm³/mol. The molecule has 29 heavy (non-hydrogen) atoms. The van der Waals surface area contributed by atoms with E-state index in [1.165, 1.54) is 0 Å². The van der Waals surface area contributed by atoms with Crippen molar-refractivity contribution < 1.29 is 14.7 Å². The Kier molecular flexibility index (Phi) is 5.04. The number of benzene rings is 4. The largest absolute Gasteiger partial charge is 0.478 e. The van der Waals surface area contributed by atoms with Gasteiger partial charge in [-0.2, -0.15) is 0 Å². The summed E-state index contributed by atoms with van der Waals surface area (Å²) in [7, 11) is 0. The summed E-state index contributed by atoms with van der Waals surface area (Å²) in [6, 6.07) is 32.0. The first-order valence-corrected chi connectivity index (χ1v) is 9.27. The van der Waals surface area contributed by atoms with Crippen LogP contribution >= 0.6 is 0 Å². The van der Waals surface area contributed by atoms with Gasteiger partial charge in [0.05, 0.1) is 5.56 Å². The first-order chi connectivity index (χ1) is 14.2. The molecule has 0 atom stereocenters. The van der Waals surface area contributed by atoms with E-state index in [-0.39, 0.29) is 5.78 Å². The van der Waals surface area contributed by atoms with E-state index in [9.17, 15) is 9.59 Å². The monoisotopic (exact) mass is 378 g/mol. The van der Waals surface area contributed by atoms with Gasteiger partial charge in [0.1, 0.15) is 0 Å². The van der Waals surface area contributed by atoms with Gasteiger partial charge in [0.15, 0.2) is 5.78 Å². The van der Waals surface area contributed by atoms with E-state index < -0.39 is 5.97 Å². The van der Waals surface area contributed by atoms with Crippen molar-refractivity contribution in [2.45, 2.75) is 0 Å². The summed E-state index contributed by atoms with van der Waals surface area (Å²) in [5.41, 5.74) is 5.80. The van der Waals surface area contributed by atoms with Crippen molar-refractivity contribution in [3.63, 3.8) is 0 Å². The number of hydrogen-bond donors (Lipinski definition) is 1. The molecule has 0 unspecified atom stereocenters. The third kappa shape index (κ3) is 3.58. The third-order valence-electron chi connectivity index (χ3n) is 4.88. The van der Waals surface area contributed by atoms with Crippen LogP contribution in [0.25, 0.3) is 22.3 Å². The van der Waals surface area contributed by atoms with Crippen LogP contribution in [0, 0.1) is 0 Å². The molecule has 0 saturated carbocycles. The topological polar surface area (TPSA) is 54.4 Å². The number of fused-ring (bicyclic) bond motifs is 3. The molecule has 1 N–H and O–H groups in total. The molecule has 0 spiro atoms. The zero-order valence-corrected chi connectivity index (χ0v) is 15.6. The molecule has 5 rings (SSSR count). The number of hydrogen-bond acceptors (Lipinski definition) is 2. The molecule has 0 heterocycles. The second kappa shape index (κ2) is 7.95. The summed E-state index contributed by atoms with van der Waals surface area (Å²) in [6.07, 6.45) is 0. The van der Waals surface area contributed by atoms with Gasteiger partial charge in [0, 0.05) is 11.1 Å². The Morgan fingerprint density at radius 1 is 0.517 bits per heavy atom. The van der Waals surface area contributed by atoms with Crippen LogP contribution in [-0.4, -0.2) is 16.9 Å². The lowest BCUT2D eigenvalue weighted by molar-refractivity contribution is 0.0697. The molecule has 1 aliphatic carbocycles. The molecule has 0 radical (unpaired) electrons. The van der Waals surface area contributed by atoms with E-state index in [0.717, 1.165) is 33.4 Å². The summed E-state index contributed by atoms with van der Waals surface area (Å²) in [4.78, 5) is 22.9. The van der Waals surface area contributed by atoms with Gasteiger partial charge in [0.25, 0.3) is 0 Å². The van der Waals surface area contributed by atoms with Crippen LogP contribution in [0.3, 0.4) is 0 Å². The molecule has 0 aliphatic heterocycles. The van der Waals surface area contributed by atoms with Crippen molar-refractivity contribution in [2.75, 3.05) is 0 Å². The molecule has 0 bridgehead atoms. The highest BCUT2D eigenvalue weighted by molar-refractivity contribution is 6.21. The fraction of sp³-hybridized carbons (Fsp3) is 0. The molecule has 3 heteroatoms. The molecular formula is C26H18O3. The summed E-state index contributed by atoms with van der Waals surface area (Å²) >= 11 is 0. The van der Waals surface area contributed by atoms with Gasteiger partial charge in [-0.15, -0.1) is 0 Å². The van der Waals surface area contributed by atoms with Crippen molar-refractivity contribution in [3.05, 3.63) is 120 Å². The van der Waals surface area contributed by atoms with E-state index in [2.05, 4.69) is 0 Å². The van der Waals surface area contributed by atoms with Gasteiger partial charge in [-0.1, -0.05) is 97.1 Å². The number of carboxylic acid groups (broad SMARTS) is 1. The van der Waals surface area contributed by atoms with Crippen molar-refractivity contribution >= 4 is 11.8 Å². The zero-order valence-electron chi connectivity index (χ0n) is 15.6. The van der Waals surface area contributed by atoms with Gasteiger partial charge in [0.2, 0.25) is 0 Å². The van der Waals surface area contributed by atoms with Crippen molar-refractivity contribution in [1.29, 1.82) is 0 Å². The predicted octanol–water partition coefficient (Wildman–Crippen LogP) is 5.95. The molecule has 1 aliphatic rings. The molecule has 4 aromatic rings. The lowest BCUT2D eigenvalue weighted by Crippen LogP contribution is -1.98. The molecule has 140 valence electrons. The van der Waals surface area contributed by atoms with Crippen LogP contribution in [0.15, 0.2) is 103 Å². The molecule has 0 saturated heterocycles. The second-order valence-corrected chi connectivity index (χ2v) is 6.64. The maximum absolute atomic E-state index is 11.9. The smallest absolute Gasteiger partial charge is 0.336 e. The number of rotatable bonds is 2. The van der Waals surface area contributed by atoms with Crippen LogP contribution in [0.5, 0.6) is 0 Å². The Balaban J connectivity index is 0.000000141. The van der Waals surface area contributed by atoms with E-state index in [4.69, 9.17) is 5.11 Å². The minimum Gasteiger partial charge on any atom is -0.478 e. The SMILES string of the molecule is O=C(O)c1ccccc1-c1ccccc1.O=C1c2ccccc2-c2ccccc21. The van der Waals surface area contributed by atoms with Crippen LogP contribution in [0.2, 0.25) is 0 Å². The number of ketones is 1. The molecule has 0 fully saturated rings. The van der Waals surface area contributed by atoms with Crippen LogP contribution in [0.4, 0.5) is 0 Å². The summed E-state index contributed by atoms with van der Waals surface area (Å²) < 4.78 is 0. The first kappa shape index (κ1) is 18.4. The molecule has 0 amide bonds. The summed E-state index contributed by atoms with van der Waals surface area (Å²) in [5.74, 6) is -0.745. The second-order valence-electron chi connectivity index (χ2n) is 6.64. The fourth-order valence-corrected chi connectivity index (χ4v) is 3.52. The van der Waals surface area contributed by atoms with Gasteiger partial charge >= 0.3 is 5.97 Å². The van der Waals surface area contributed by atoms with Crippen LogP contribution < -0.4 is 0 Å². The Bertz CT molecular complexity index is 1150. The number of carbonyl (C=O) groups is 2. The maximum Gasteiger partial charge on any atom is 0.336 e. The van der Waals surface area contributed by atoms with Gasteiger partial charge in [-0.05, 0) is 28.3 Å². The summed E-state index contributed by atoms with van der Waals surface area (Å²) in [6.45, 7) is 0. The van der Waals surface area contributed by atoms with Crippen molar-refractivity contribution in [1.82, 2.24) is 0 Å². The van der Waals surface area contributed by atoms with Crippen LogP contribution in [-0.2, 0) is 0 Å². The van der Waals surface area contributed by atoms with Crippen molar-refractivity contribution in [3.8, 4) is 22.3 Å². The maximum atomic E-state index is 11.9. The molecular weight excluding hydrogens is 360 g/mol. The highest BCUT2D eigenvalue weighted by atomic mass is 16.4. The zero-order chi connectivity index (χ0) is 20.2. The molecule has 0 aromatic heterocycles. The minimum absolute atomic E-state index is 0.149. The summed E-state index contributed by atoms with van der Waals surface area (Å²) in [5, 5.41) is 9.03. The normalized spacial score (nSPS) is 11.1. The first-order valence-electron chi connectivity index (χ1n) is 9.27. The van der Waals surface area contributed by atoms with Gasteiger partial charge in [-0.3, -0.25) is 4.79 Å². The average molecular weight is 378 g/mol. The highest BCUT2D eigenvalue weighted by Gasteiger charge is 2.24. The lowest BCUT2D eigenvalue weighted by atomic mass is 10.00. The highest BCUT2D eigenvalue weighted by Crippen LogP contribution is 2.35. The minimum atomic E-state index is -0.894. The van der Waals surface area contributed by atoms with E-state index in [1.54, 1.807) is 12.1 Å². The fourth-order valence-electron chi connectivity index (χ4n) is 3.52. The van der Waals surface area contributed by atoms with Crippen LogP contribution in [0.1, 0.15) is 26.3 Å². The number of carboxylic acids is 1. The Morgan fingerprint density at radius 3 is 1.45 bits per heavy atom.